The second-order valence-electron chi connectivity index (χ2n) is 2.81. The average Bonchev–Trinajstić information content (AvgIpc) is 2.14. The van der Waals surface area contributed by atoms with E-state index in [0.717, 1.165) is 0 Å². The molecular weight excluding hydrogens is 183 g/mol. The first-order chi connectivity index (χ1) is 6.65. The summed E-state index contributed by atoms with van der Waals surface area (Å²) in [5.41, 5.74) is 0.558. The van der Waals surface area contributed by atoms with E-state index in [9.17, 15) is 9.18 Å². The van der Waals surface area contributed by atoms with Crippen LogP contribution in [-0.2, 0) is 4.79 Å². The summed E-state index contributed by atoms with van der Waals surface area (Å²) < 4.78 is 18.0. The molecule has 74 valence electrons. The molecule has 0 atom stereocenters. The van der Waals surface area contributed by atoms with Gasteiger partial charge in [0.2, 0.25) is 0 Å². The topological polar surface area (TPSA) is 26.3 Å². The molecule has 1 rings (SSSR count). The molecule has 1 aromatic rings. The number of hydrogen-bond donors (Lipinski definition) is 0. The molecule has 0 radical (unpaired) electrons. The van der Waals surface area contributed by atoms with E-state index in [0.29, 0.717) is 5.56 Å². The highest BCUT2D eigenvalue weighted by Crippen LogP contribution is 2.23. The van der Waals surface area contributed by atoms with Gasteiger partial charge in [0.05, 0.1) is 7.11 Å². The zero-order valence-corrected chi connectivity index (χ0v) is 8.08. The van der Waals surface area contributed by atoms with Gasteiger partial charge in [-0.15, -0.1) is 0 Å². The highest BCUT2D eigenvalue weighted by molar-refractivity contribution is 5.91. The number of allylic oxidation sites excluding steroid dienone is 1. The smallest absolute Gasteiger partial charge is 0.165 e. The maximum absolute atomic E-state index is 13.1. The van der Waals surface area contributed by atoms with Crippen LogP contribution in [-0.4, -0.2) is 12.9 Å². The van der Waals surface area contributed by atoms with Crippen molar-refractivity contribution in [2.45, 2.75) is 6.92 Å². The number of benzene rings is 1. The highest BCUT2D eigenvalue weighted by atomic mass is 19.1. The van der Waals surface area contributed by atoms with Crippen molar-refractivity contribution >= 4 is 11.9 Å². The van der Waals surface area contributed by atoms with Crippen molar-refractivity contribution < 1.29 is 13.9 Å². The zero-order valence-electron chi connectivity index (χ0n) is 8.08. The summed E-state index contributed by atoms with van der Waals surface area (Å²) in [6, 6.07) is 4.56. The number of carbonyl (C=O) groups excluding carboxylic acids is 1. The van der Waals surface area contributed by atoms with Gasteiger partial charge < -0.3 is 4.74 Å². The second kappa shape index (κ2) is 4.56. The van der Waals surface area contributed by atoms with E-state index in [2.05, 4.69) is 0 Å². The molecule has 0 bridgehead atoms. The number of hydrogen-bond acceptors (Lipinski definition) is 2. The van der Waals surface area contributed by atoms with Crippen molar-refractivity contribution in [2.75, 3.05) is 7.11 Å². The lowest BCUT2D eigenvalue weighted by molar-refractivity contribution is -0.112. The first-order valence-electron chi connectivity index (χ1n) is 4.16. The Morgan fingerprint density at radius 1 is 1.50 bits per heavy atom. The quantitative estimate of drug-likeness (QED) is 0.691. The molecule has 0 heterocycles. The van der Waals surface area contributed by atoms with Gasteiger partial charge in [-0.2, -0.15) is 0 Å². The van der Waals surface area contributed by atoms with Crippen LogP contribution in [0.1, 0.15) is 12.5 Å². The standard InChI is InChI=1S/C11H11FO2/c1-8(13)6-7-9-4-3-5-10(12)11(9)14-2/h3-7H,1-2H3/b7-6+. The minimum absolute atomic E-state index is 0.0867. The van der Waals surface area contributed by atoms with Crippen molar-refractivity contribution in [3.8, 4) is 5.75 Å². The second-order valence-corrected chi connectivity index (χ2v) is 2.81. The molecule has 0 aliphatic rings. The molecular formula is C11H11FO2. The predicted molar refractivity (Wildman–Crippen MR) is 52.7 cm³/mol. The largest absolute Gasteiger partial charge is 0.493 e. The van der Waals surface area contributed by atoms with Crippen LogP contribution in [0.15, 0.2) is 24.3 Å². The van der Waals surface area contributed by atoms with Gasteiger partial charge in [0.25, 0.3) is 0 Å². The molecule has 2 nitrogen and oxygen atoms in total. The number of ether oxygens (including phenoxy) is 1. The lowest BCUT2D eigenvalue weighted by Crippen LogP contribution is -1.91. The van der Waals surface area contributed by atoms with Crippen LogP contribution in [0.2, 0.25) is 0 Å². The molecule has 14 heavy (non-hydrogen) atoms. The van der Waals surface area contributed by atoms with Crippen LogP contribution in [0.3, 0.4) is 0 Å². The summed E-state index contributed by atoms with van der Waals surface area (Å²) in [7, 11) is 1.39. The first-order valence-corrected chi connectivity index (χ1v) is 4.16. The number of para-hydroxylation sites is 1. The van der Waals surface area contributed by atoms with Gasteiger partial charge in [-0.1, -0.05) is 12.1 Å². The Labute approximate surface area is 82.0 Å². The van der Waals surface area contributed by atoms with E-state index in [4.69, 9.17) is 4.74 Å². The van der Waals surface area contributed by atoms with Crippen molar-refractivity contribution in [1.29, 1.82) is 0 Å². The molecule has 0 aliphatic heterocycles. The number of methoxy groups -OCH3 is 1. The first kappa shape index (κ1) is 10.4. The Hall–Kier alpha value is -1.64. The third-order valence-electron chi connectivity index (χ3n) is 1.70. The Kier molecular flexibility index (Phi) is 3.40. The number of rotatable bonds is 3. The van der Waals surface area contributed by atoms with Gasteiger partial charge in [0.1, 0.15) is 0 Å². The minimum Gasteiger partial charge on any atom is -0.493 e. The molecule has 0 N–H and O–H groups in total. The summed E-state index contributed by atoms with van der Waals surface area (Å²) in [5, 5.41) is 0. The molecule has 0 fully saturated rings. The van der Waals surface area contributed by atoms with Crippen molar-refractivity contribution in [2.24, 2.45) is 0 Å². The Morgan fingerprint density at radius 2 is 2.21 bits per heavy atom. The summed E-state index contributed by atoms with van der Waals surface area (Å²) in [6.07, 6.45) is 2.90. The van der Waals surface area contributed by atoms with Crippen molar-refractivity contribution in [3.05, 3.63) is 35.7 Å². The van der Waals surface area contributed by atoms with Gasteiger partial charge >= 0.3 is 0 Å². The summed E-state index contributed by atoms with van der Waals surface area (Å²) in [5.74, 6) is -0.362. The van der Waals surface area contributed by atoms with E-state index >= 15 is 0 Å². The van der Waals surface area contributed by atoms with E-state index in [1.807, 2.05) is 0 Å². The SMILES string of the molecule is COc1c(F)cccc1/C=C/C(C)=O. The van der Waals surface area contributed by atoms with Crippen LogP contribution in [0.4, 0.5) is 4.39 Å². The fourth-order valence-electron chi connectivity index (χ4n) is 1.08. The Bertz CT molecular complexity index is 370. The van der Waals surface area contributed by atoms with Crippen LogP contribution >= 0.6 is 0 Å². The van der Waals surface area contributed by atoms with Crippen LogP contribution in [0.25, 0.3) is 6.08 Å². The normalized spacial score (nSPS) is 10.5. The summed E-state index contributed by atoms with van der Waals surface area (Å²) >= 11 is 0. The fraction of sp³-hybridized carbons (Fsp3) is 0.182. The average molecular weight is 194 g/mol. The molecule has 0 saturated heterocycles. The predicted octanol–water partition coefficient (Wildman–Crippen LogP) is 2.44. The Morgan fingerprint density at radius 3 is 2.79 bits per heavy atom. The van der Waals surface area contributed by atoms with Crippen molar-refractivity contribution in [3.63, 3.8) is 0 Å². The molecule has 3 heteroatoms. The van der Waals surface area contributed by atoms with Crippen molar-refractivity contribution in [1.82, 2.24) is 0 Å². The van der Waals surface area contributed by atoms with E-state index < -0.39 is 5.82 Å². The number of ketones is 1. The van der Waals surface area contributed by atoms with Gasteiger partial charge in [-0.25, -0.2) is 4.39 Å². The summed E-state index contributed by atoms with van der Waals surface area (Å²) in [4.78, 5) is 10.7. The minimum atomic E-state index is -0.432. The van der Waals surface area contributed by atoms with Gasteiger partial charge in [0, 0.05) is 5.56 Å². The summed E-state index contributed by atoms with van der Waals surface area (Å²) in [6.45, 7) is 1.43. The Balaban J connectivity index is 3.08. The molecule has 0 amide bonds. The lowest BCUT2D eigenvalue weighted by atomic mass is 10.1. The van der Waals surface area contributed by atoms with Gasteiger partial charge in [-0.05, 0) is 25.1 Å². The lowest BCUT2D eigenvalue weighted by Gasteiger charge is -2.04. The maximum Gasteiger partial charge on any atom is 0.165 e. The molecule has 0 aromatic heterocycles. The number of carbonyl (C=O) groups is 1. The monoisotopic (exact) mass is 194 g/mol. The fourth-order valence-corrected chi connectivity index (χ4v) is 1.08. The molecule has 0 spiro atoms. The molecule has 0 unspecified atom stereocenters. The maximum atomic E-state index is 13.1. The van der Waals surface area contributed by atoms with E-state index in [1.165, 1.54) is 32.3 Å². The molecule has 0 aliphatic carbocycles. The van der Waals surface area contributed by atoms with Crippen LogP contribution in [0.5, 0.6) is 5.75 Å². The van der Waals surface area contributed by atoms with Gasteiger partial charge in [0.15, 0.2) is 17.3 Å². The van der Waals surface area contributed by atoms with Gasteiger partial charge in [-0.3, -0.25) is 4.79 Å². The molecule has 0 saturated carbocycles. The molecule has 1 aromatic carbocycles. The van der Waals surface area contributed by atoms with E-state index in [-0.39, 0.29) is 11.5 Å². The zero-order chi connectivity index (χ0) is 10.6. The van der Waals surface area contributed by atoms with Crippen LogP contribution < -0.4 is 4.74 Å². The highest BCUT2D eigenvalue weighted by Gasteiger charge is 2.05. The third-order valence-corrected chi connectivity index (χ3v) is 1.70. The van der Waals surface area contributed by atoms with Crippen LogP contribution in [0, 0.1) is 5.82 Å². The van der Waals surface area contributed by atoms with E-state index in [1.54, 1.807) is 12.1 Å². The third kappa shape index (κ3) is 2.42. The number of halogens is 1.